The summed E-state index contributed by atoms with van der Waals surface area (Å²) in [5.41, 5.74) is 2.22. The molecule has 150 valence electrons. The van der Waals surface area contributed by atoms with Gasteiger partial charge in [0.25, 0.3) is 0 Å². The molecule has 2 aromatic carbocycles. The standard InChI is InChI=1S/C22H26N2O3.ClH/c1-26-20-10-8-18(16-21(20)27-2)9-11-22(25)24-14-12-23(13-15-24)17-19-6-4-3-5-7-19;/h3-11,16H,12-15,17H2,1-2H3;1H. The van der Waals surface area contributed by atoms with Gasteiger partial charge in [-0.25, -0.2) is 0 Å². The quantitative estimate of drug-likeness (QED) is 0.694. The van der Waals surface area contributed by atoms with E-state index in [1.807, 2.05) is 35.2 Å². The van der Waals surface area contributed by atoms with Gasteiger partial charge in [0.1, 0.15) is 0 Å². The van der Waals surface area contributed by atoms with Gasteiger partial charge in [-0.2, -0.15) is 0 Å². The number of methoxy groups -OCH3 is 2. The zero-order valence-corrected chi connectivity index (χ0v) is 17.2. The van der Waals surface area contributed by atoms with Crippen molar-refractivity contribution in [2.45, 2.75) is 6.54 Å². The summed E-state index contributed by atoms with van der Waals surface area (Å²) in [5, 5.41) is 0. The van der Waals surface area contributed by atoms with Crippen LogP contribution in [0.15, 0.2) is 54.6 Å². The molecule has 1 aliphatic rings. The van der Waals surface area contributed by atoms with E-state index in [0.29, 0.717) is 11.5 Å². The number of rotatable bonds is 6. The summed E-state index contributed by atoms with van der Waals surface area (Å²) in [6.45, 7) is 4.23. The van der Waals surface area contributed by atoms with E-state index in [4.69, 9.17) is 9.47 Å². The van der Waals surface area contributed by atoms with Gasteiger partial charge < -0.3 is 14.4 Å². The average Bonchev–Trinajstić information content (AvgIpc) is 2.73. The summed E-state index contributed by atoms with van der Waals surface area (Å²) in [5.74, 6) is 1.38. The second-order valence-corrected chi connectivity index (χ2v) is 6.53. The summed E-state index contributed by atoms with van der Waals surface area (Å²) in [6, 6.07) is 16.1. The summed E-state index contributed by atoms with van der Waals surface area (Å²) < 4.78 is 10.5. The van der Waals surface area contributed by atoms with E-state index in [2.05, 4.69) is 29.2 Å². The Morgan fingerprint density at radius 3 is 2.29 bits per heavy atom. The monoisotopic (exact) mass is 402 g/mol. The molecule has 1 heterocycles. The Bertz CT molecular complexity index is 788. The lowest BCUT2D eigenvalue weighted by molar-refractivity contribution is -0.127. The Morgan fingerprint density at radius 1 is 0.964 bits per heavy atom. The number of hydrogen-bond donors (Lipinski definition) is 0. The third-order valence-electron chi connectivity index (χ3n) is 4.76. The van der Waals surface area contributed by atoms with Crippen molar-refractivity contribution in [3.05, 3.63) is 65.7 Å². The first kappa shape index (κ1) is 21.8. The number of amides is 1. The third kappa shape index (κ3) is 5.75. The fourth-order valence-corrected chi connectivity index (χ4v) is 3.20. The first-order valence-corrected chi connectivity index (χ1v) is 9.15. The van der Waals surface area contributed by atoms with E-state index in [1.165, 1.54) is 5.56 Å². The van der Waals surface area contributed by atoms with Crippen LogP contribution in [0.1, 0.15) is 11.1 Å². The number of piperazine rings is 1. The van der Waals surface area contributed by atoms with Gasteiger partial charge in [-0.3, -0.25) is 9.69 Å². The van der Waals surface area contributed by atoms with Crippen molar-refractivity contribution in [3.63, 3.8) is 0 Å². The van der Waals surface area contributed by atoms with Gasteiger partial charge in [0.05, 0.1) is 14.2 Å². The van der Waals surface area contributed by atoms with Gasteiger partial charge in [-0.15, -0.1) is 12.4 Å². The fraction of sp³-hybridized carbons (Fsp3) is 0.318. The van der Waals surface area contributed by atoms with Crippen molar-refractivity contribution in [3.8, 4) is 11.5 Å². The molecule has 28 heavy (non-hydrogen) atoms. The van der Waals surface area contributed by atoms with Gasteiger partial charge in [0.2, 0.25) is 5.91 Å². The van der Waals surface area contributed by atoms with E-state index in [-0.39, 0.29) is 18.3 Å². The predicted octanol–water partition coefficient (Wildman–Crippen LogP) is 3.48. The minimum atomic E-state index is 0. The fourth-order valence-electron chi connectivity index (χ4n) is 3.20. The molecule has 2 aromatic rings. The van der Waals surface area contributed by atoms with Crippen LogP contribution in [-0.4, -0.2) is 56.1 Å². The molecule has 1 amide bonds. The molecule has 1 saturated heterocycles. The van der Waals surface area contributed by atoms with Crippen LogP contribution in [0, 0.1) is 0 Å². The van der Waals surface area contributed by atoms with Crippen LogP contribution in [0.4, 0.5) is 0 Å². The molecule has 6 heteroatoms. The smallest absolute Gasteiger partial charge is 0.246 e. The van der Waals surface area contributed by atoms with E-state index >= 15 is 0 Å². The van der Waals surface area contributed by atoms with E-state index in [1.54, 1.807) is 20.3 Å². The zero-order chi connectivity index (χ0) is 19.1. The lowest BCUT2D eigenvalue weighted by atomic mass is 10.1. The Labute approximate surface area is 173 Å². The summed E-state index contributed by atoms with van der Waals surface area (Å²) in [4.78, 5) is 16.8. The number of benzene rings is 2. The second kappa shape index (κ2) is 10.7. The first-order chi connectivity index (χ1) is 13.2. The number of carbonyl (C=O) groups is 1. The van der Waals surface area contributed by atoms with Crippen molar-refractivity contribution in [2.24, 2.45) is 0 Å². The molecule has 0 spiro atoms. The number of carbonyl (C=O) groups excluding carboxylic acids is 1. The average molecular weight is 403 g/mol. The molecule has 1 aliphatic heterocycles. The molecular formula is C22H27ClN2O3. The molecule has 1 fully saturated rings. The van der Waals surface area contributed by atoms with Crippen molar-refractivity contribution in [1.29, 1.82) is 0 Å². The van der Waals surface area contributed by atoms with Crippen LogP contribution in [0.3, 0.4) is 0 Å². The maximum atomic E-state index is 12.5. The van der Waals surface area contributed by atoms with Gasteiger partial charge in [0.15, 0.2) is 11.5 Å². The van der Waals surface area contributed by atoms with E-state index in [0.717, 1.165) is 38.3 Å². The van der Waals surface area contributed by atoms with Gasteiger partial charge in [-0.1, -0.05) is 36.4 Å². The normalized spacial score (nSPS) is 14.6. The molecule has 0 aliphatic carbocycles. The molecule has 3 rings (SSSR count). The lowest BCUT2D eigenvalue weighted by Crippen LogP contribution is -2.47. The number of nitrogens with zero attached hydrogens (tertiary/aromatic N) is 2. The molecule has 0 saturated carbocycles. The molecule has 0 unspecified atom stereocenters. The van der Waals surface area contributed by atoms with Crippen LogP contribution in [0.5, 0.6) is 11.5 Å². The minimum absolute atomic E-state index is 0. The maximum absolute atomic E-state index is 12.5. The molecule has 0 radical (unpaired) electrons. The second-order valence-electron chi connectivity index (χ2n) is 6.53. The van der Waals surface area contributed by atoms with Crippen LogP contribution in [0.25, 0.3) is 6.08 Å². The van der Waals surface area contributed by atoms with Gasteiger partial charge in [-0.05, 0) is 29.3 Å². The predicted molar refractivity (Wildman–Crippen MR) is 114 cm³/mol. The Kier molecular flexibility index (Phi) is 8.36. The Morgan fingerprint density at radius 2 is 1.64 bits per heavy atom. The van der Waals surface area contributed by atoms with Crippen molar-refractivity contribution >= 4 is 24.4 Å². The minimum Gasteiger partial charge on any atom is -0.493 e. The Balaban J connectivity index is 0.00000280. The van der Waals surface area contributed by atoms with E-state index in [9.17, 15) is 4.79 Å². The number of ether oxygens (including phenoxy) is 2. The SMILES string of the molecule is COc1ccc(C=CC(=O)N2CCN(Cc3ccccc3)CC2)cc1OC.Cl. The number of hydrogen-bond acceptors (Lipinski definition) is 4. The molecule has 0 aromatic heterocycles. The van der Waals surface area contributed by atoms with Crippen LogP contribution < -0.4 is 9.47 Å². The van der Waals surface area contributed by atoms with Crippen molar-refractivity contribution in [1.82, 2.24) is 9.80 Å². The van der Waals surface area contributed by atoms with Crippen molar-refractivity contribution < 1.29 is 14.3 Å². The summed E-state index contributed by atoms with van der Waals surface area (Å²) in [6.07, 6.45) is 3.45. The van der Waals surface area contributed by atoms with Gasteiger partial charge in [0, 0.05) is 38.8 Å². The highest BCUT2D eigenvalue weighted by Crippen LogP contribution is 2.28. The third-order valence-corrected chi connectivity index (χ3v) is 4.76. The first-order valence-electron chi connectivity index (χ1n) is 9.15. The molecule has 0 N–H and O–H groups in total. The maximum Gasteiger partial charge on any atom is 0.246 e. The summed E-state index contributed by atoms with van der Waals surface area (Å²) in [7, 11) is 3.21. The van der Waals surface area contributed by atoms with Gasteiger partial charge >= 0.3 is 0 Å². The zero-order valence-electron chi connectivity index (χ0n) is 16.3. The highest BCUT2D eigenvalue weighted by molar-refractivity contribution is 5.92. The molecular weight excluding hydrogens is 376 g/mol. The molecule has 0 atom stereocenters. The summed E-state index contributed by atoms with van der Waals surface area (Å²) >= 11 is 0. The topological polar surface area (TPSA) is 42.0 Å². The molecule has 0 bridgehead atoms. The van der Waals surface area contributed by atoms with E-state index < -0.39 is 0 Å². The largest absolute Gasteiger partial charge is 0.493 e. The van der Waals surface area contributed by atoms with Crippen molar-refractivity contribution in [2.75, 3.05) is 40.4 Å². The van der Waals surface area contributed by atoms with Crippen LogP contribution >= 0.6 is 12.4 Å². The molecule has 5 nitrogen and oxygen atoms in total. The lowest BCUT2D eigenvalue weighted by Gasteiger charge is -2.34. The highest BCUT2D eigenvalue weighted by Gasteiger charge is 2.19. The van der Waals surface area contributed by atoms with Crippen LogP contribution in [-0.2, 0) is 11.3 Å². The highest BCUT2D eigenvalue weighted by atomic mass is 35.5. The number of halogens is 1. The Hall–Kier alpha value is -2.50. The van der Waals surface area contributed by atoms with Crippen LogP contribution in [0.2, 0.25) is 0 Å².